The van der Waals surface area contributed by atoms with E-state index in [0.29, 0.717) is 92.5 Å². The van der Waals surface area contributed by atoms with E-state index in [1.54, 1.807) is 6.92 Å². The van der Waals surface area contributed by atoms with Crippen molar-refractivity contribution >= 4 is 5.97 Å². The fourth-order valence-corrected chi connectivity index (χ4v) is 3.67. The van der Waals surface area contributed by atoms with Crippen molar-refractivity contribution in [2.45, 2.75) is 65.2 Å². The third kappa shape index (κ3) is 24.1. The Balaban J connectivity index is 1.76. The Hall–Kier alpha value is -1.75. The lowest BCUT2D eigenvalue weighted by molar-refractivity contribution is -0.144. The van der Waals surface area contributed by atoms with Crippen LogP contribution in [0.4, 0.5) is 0 Å². The van der Waals surface area contributed by atoms with Gasteiger partial charge in [-0.1, -0.05) is 51.2 Å². The molecule has 0 heterocycles. The highest BCUT2D eigenvalue weighted by molar-refractivity contribution is 5.69. The highest BCUT2D eigenvalue weighted by Crippen LogP contribution is 2.15. The summed E-state index contributed by atoms with van der Waals surface area (Å²) in [4.78, 5) is 11.1. The number of carbonyl (C=O) groups excluding carboxylic acids is 1. The molecule has 9 heteroatoms. The van der Waals surface area contributed by atoms with Crippen molar-refractivity contribution < 1.29 is 42.7 Å². The Morgan fingerprint density at radius 2 is 1.00 bits per heavy atom. The van der Waals surface area contributed by atoms with Crippen LogP contribution in [0.2, 0.25) is 0 Å². The number of benzene rings is 1. The lowest BCUT2D eigenvalue weighted by Gasteiger charge is -2.09. The van der Waals surface area contributed by atoms with Gasteiger partial charge >= 0.3 is 5.97 Å². The molecule has 0 saturated heterocycles. The van der Waals surface area contributed by atoms with Crippen molar-refractivity contribution in [3.05, 3.63) is 29.8 Å². The molecular weight excluding hydrogens is 516 g/mol. The van der Waals surface area contributed by atoms with Gasteiger partial charge in [0, 0.05) is 0 Å². The molecule has 0 aliphatic heterocycles. The van der Waals surface area contributed by atoms with Gasteiger partial charge in [0.15, 0.2) is 0 Å². The number of hydrogen-bond acceptors (Lipinski definition) is 9. The van der Waals surface area contributed by atoms with Gasteiger partial charge in [0.25, 0.3) is 0 Å². The largest absolute Gasteiger partial charge is 0.491 e. The maximum Gasteiger partial charge on any atom is 0.308 e. The molecule has 9 nitrogen and oxygen atoms in total. The number of rotatable bonds is 30. The van der Waals surface area contributed by atoms with Crippen LogP contribution in [0.25, 0.3) is 0 Å². The van der Waals surface area contributed by atoms with E-state index in [1.807, 2.05) is 12.1 Å². The summed E-state index contributed by atoms with van der Waals surface area (Å²) < 4.78 is 43.3. The lowest BCUT2D eigenvalue weighted by Crippen LogP contribution is -2.15. The molecule has 232 valence electrons. The minimum atomic E-state index is -0.244. The van der Waals surface area contributed by atoms with Crippen LogP contribution >= 0.6 is 0 Å². The van der Waals surface area contributed by atoms with E-state index in [2.05, 4.69) is 19.1 Å². The van der Waals surface area contributed by atoms with E-state index < -0.39 is 0 Å². The molecule has 0 spiro atoms. The second-order valence-corrected chi connectivity index (χ2v) is 9.24. The Morgan fingerprint density at radius 1 is 0.550 bits per heavy atom. The van der Waals surface area contributed by atoms with Crippen LogP contribution in [-0.2, 0) is 44.4 Å². The molecule has 0 aromatic heterocycles. The standard InChI is InChI=1S/C31H54O9/c1-3-5-6-7-8-9-10-29-11-13-30(14-12-29)40-28-27-38-26-25-37-24-23-36-22-21-35-20-19-34-18-17-33-16-15-31(32)39-4-2/h11-14H,3-10,15-28H2,1-2H3. The minimum Gasteiger partial charge on any atom is -0.491 e. The molecule has 0 aliphatic carbocycles. The number of hydrogen-bond donors (Lipinski definition) is 0. The second kappa shape index (κ2) is 28.8. The molecule has 0 atom stereocenters. The van der Waals surface area contributed by atoms with Gasteiger partial charge in [-0.2, -0.15) is 0 Å². The maximum atomic E-state index is 11.1. The number of carbonyl (C=O) groups is 1. The number of esters is 1. The van der Waals surface area contributed by atoms with E-state index in [-0.39, 0.29) is 12.4 Å². The van der Waals surface area contributed by atoms with Crippen LogP contribution in [0.5, 0.6) is 5.75 Å². The van der Waals surface area contributed by atoms with Crippen LogP contribution in [-0.4, -0.2) is 98.5 Å². The average molecular weight is 571 g/mol. The topological polar surface area (TPSA) is 90.9 Å². The SMILES string of the molecule is CCCCCCCCc1ccc(OCCOCCOCCOCCOCCOCCOCCC(=O)OCC)cc1. The zero-order chi connectivity index (χ0) is 28.8. The van der Waals surface area contributed by atoms with Gasteiger partial charge in [0.05, 0.1) is 92.3 Å². The Bertz CT molecular complexity index is 669. The first-order valence-corrected chi connectivity index (χ1v) is 15.1. The summed E-state index contributed by atoms with van der Waals surface area (Å²) in [5.41, 5.74) is 1.38. The average Bonchev–Trinajstić information content (AvgIpc) is 2.96. The summed E-state index contributed by atoms with van der Waals surface area (Å²) >= 11 is 0. The summed E-state index contributed by atoms with van der Waals surface area (Å²) in [5, 5.41) is 0. The van der Waals surface area contributed by atoms with Gasteiger partial charge in [0.1, 0.15) is 12.4 Å². The van der Waals surface area contributed by atoms with E-state index in [0.717, 1.165) is 12.2 Å². The lowest BCUT2D eigenvalue weighted by atomic mass is 10.0. The minimum absolute atomic E-state index is 0.244. The molecule has 0 bridgehead atoms. The first-order valence-electron chi connectivity index (χ1n) is 15.1. The summed E-state index contributed by atoms with van der Waals surface area (Å²) in [6.07, 6.45) is 9.36. The Morgan fingerprint density at radius 3 is 1.50 bits per heavy atom. The third-order valence-corrected chi connectivity index (χ3v) is 5.85. The molecule has 0 amide bonds. The summed E-state index contributed by atoms with van der Waals surface area (Å²) in [7, 11) is 0. The van der Waals surface area contributed by atoms with Crippen LogP contribution < -0.4 is 4.74 Å². The molecule has 40 heavy (non-hydrogen) atoms. The van der Waals surface area contributed by atoms with Gasteiger partial charge in [-0.3, -0.25) is 4.79 Å². The fourth-order valence-electron chi connectivity index (χ4n) is 3.67. The van der Waals surface area contributed by atoms with Crippen molar-refractivity contribution in [3.8, 4) is 5.75 Å². The first-order chi connectivity index (χ1) is 19.8. The maximum absolute atomic E-state index is 11.1. The predicted octanol–water partition coefficient (Wildman–Crippen LogP) is 5.02. The predicted molar refractivity (Wildman–Crippen MR) is 155 cm³/mol. The fraction of sp³-hybridized carbons (Fsp3) is 0.774. The highest BCUT2D eigenvalue weighted by atomic mass is 16.6. The third-order valence-electron chi connectivity index (χ3n) is 5.85. The number of unbranched alkanes of at least 4 members (excludes halogenated alkanes) is 5. The van der Waals surface area contributed by atoms with Gasteiger partial charge < -0.3 is 37.9 Å². The molecule has 1 aromatic rings. The quantitative estimate of drug-likeness (QED) is 0.0934. The monoisotopic (exact) mass is 570 g/mol. The molecule has 0 fully saturated rings. The van der Waals surface area contributed by atoms with Gasteiger partial charge in [0.2, 0.25) is 0 Å². The van der Waals surface area contributed by atoms with Crippen molar-refractivity contribution in [2.75, 3.05) is 92.5 Å². The van der Waals surface area contributed by atoms with Crippen LogP contribution in [0.1, 0.15) is 64.4 Å². The van der Waals surface area contributed by atoms with Crippen molar-refractivity contribution in [2.24, 2.45) is 0 Å². The summed E-state index contributed by atoms with van der Waals surface area (Å²) in [5.74, 6) is 0.640. The van der Waals surface area contributed by atoms with E-state index in [9.17, 15) is 4.79 Å². The van der Waals surface area contributed by atoms with E-state index >= 15 is 0 Å². The number of aryl methyl sites for hydroxylation is 1. The van der Waals surface area contributed by atoms with Crippen molar-refractivity contribution in [1.29, 1.82) is 0 Å². The molecule has 1 rings (SSSR count). The highest BCUT2D eigenvalue weighted by Gasteiger charge is 2.01. The van der Waals surface area contributed by atoms with Crippen LogP contribution in [0, 0.1) is 0 Å². The van der Waals surface area contributed by atoms with Crippen LogP contribution in [0.15, 0.2) is 24.3 Å². The van der Waals surface area contributed by atoms with Gasteiger partial charge in [-0.25, -0.2) is 0 Å². The van der Waals surface area contributed by atoms with Gasteiger partial charge in [-0.05, 0) is 37.5 Å². The zero-order valence-electron chi connectivity index (χ0n) is 25.0. The van der Waals surface area contributed by atoms with E-state index in [1.165, 1.54) is 44.1 Å². The van der Waals surface area contributed by atoms with Gasteiger partial charge in [-0.15, -0.1) is 0 Å². The normalized spacial score (nSPS) is 11.2. The summed E-state index contributed by atoms with van der Waals surface area (Å²) in [6.45, 7) is 10.8. The van der Waals surface area contributed by atoms with Crippen molar-refractivity contribution in [1.82, 2.24) is 0 Å². The molecule has 0 radical (unpaired) electrons. The summed E-state index contributed by atoms with van der Waals surface area (Å²) in [6, 6.07) is 8.42. The molecule has 0 saturated carbocycles. The molecule has 0 unspecified atom stereocenters. The Labute approximate surface area is 242 Å². The van der Waals surface area contributed by atoms with Crippen molar-refractivity contribution in [3.63, 3.8) is 0 Å². The van der Waals surface area contributed by atoms with Crippen LogP contribution in [0.3, 0.4) is 0 Å². The molecule has 0 N–H and O–H groups in total. The number of ether oxygens (including phenoxy) is 8. The first kappa shape index (κ1) is 36.3. The van der Waals surface area contributed by atoms with E-state index in [4.69, 9.17) is 37.9 Å². The zero-order valence-corrected chi connectivity index (χ0v) is 25.0. The molecule has 0 aliphatic rings. The molecular formula is C31H54O9. The molecule has 1 aromatic carbocycles. The smallest absolute Gasteiger partial charge is 0.308 e. The Kier molecular flexibility index (Phi) is 26.1. The second-order valence-electron chi connectivity index (χ2n) is 9.24.